The number of ether oxygens (including phenoxy) is 1. The second-order valence-electron chi connectivity index (χ2n) is 2.82. The van der Waals surface area contributed by atoms with Crippen LogP contribution in [-0.4, -0.2) is 23.7 Å². The van der Waals surface area contributed by atoms with Gasteiger partial charge in [-0.15, -0.1) is 0 Å². The summed E-state index contributed by atoms with van der Waals surface area (Å²) in [4.78, 5) is 21.8. The minimum Gasteiger partial charge on any atom is -0.388 e. The predicted molar refractivity (Wildman–Crippen MR) is 51.4 cm³/mol. The number of carbonyl (C=O) groups excluding carboxylic acids is 2. The van der Waals surface area contributed by atoms with Crippen LogP contribution in [0.15, 0.2) is 11.6 Å². The highest BCUT2D eigenvalue weighted by molar-refractivity contribution is 5.96. The van der Waals surface area contributed by atoms with E-state index in [1.54, 1.807) is 6.07 Å². The van der Waals surface area contributed by atoms with Crippen molar-refractivity contribution in [2.24, 2.45) is 0 Å². The van der Waals surface area contributed by atoms with Gasteiger partial charge in [0, 0.05) is 11.6 Å². The van der Waals surface area contributed by atoms with E-state index in [9.17, 15) is 9.59 Å². The van der Waals surface area contributed by atoms with Crippen molar-refractivity contribution in [1.29, 1.82) is 5.26 Å². The molecule has 0 fully saturated rings. The number of aliphatic hydroxyl groups excluding tert-OH is 1. The van der Waals surface area contributed by atoms with Gasteiger partial charge in [-0.1, -0.05) is 13.3 Å². The molecule has 0 rings (SSSR count). The molecule has 0 aliphatic heterocycles. The predicted octanol–water partition coefficient (Wildman–Crippen LogP) is 0.689. The van der Waals surface area contributed by atoms with E-state index >= 15 is 0 Å². The van der Waals surface area contributed by atoms with Crippen molar-refractivity contribution >= 4 is 11.9 Å². The lowest BCUT2D eigenvalue weighted by Crippen LogP contribution is -2.17. The lowest BCUT2D eigenvalue weighted by molar-refractivity contribution is -0.159. The van der Waals surface area contributed by atoms with Crippen LogP contribution in [0.25, 0.3) is 0 Å². The van der Waals surface area contributed by atoms with Crippen molar-refractivity contribution in [3.63, 3.8) is 0 Å². The fraction of sp³-hybridized carbons (Fsp3) is 0.500. The molecule has 0 bridgehead atoms. The van der Waals surface area contributed by atoms with Crippen LogP contribution in [0, 0.1) is 11.3 Å². The third-order valence-corrected chi connectivity index (χ3v) is 1.64. The highest BCUT2D eigenvalue weighted by atomic mass is 16.6. The van der Waals surface area contributed by atoms with Crippen molar-refractivity contribution < 1.29 is 19.4 Å². The maximum absolute atomic E-state index is 11.2. The number of allylic oxidation sites excluding steroid dienone is 1. The van der Waals surface area contributed by atoms with Crippen molar-refractivity contribution in [2.45, 2.75) is 26.2 Å². The Balaban J connectivity index is 4.38. The summed E-state index contributed by atoms with van der Waals surface area (Å²) in [6, 6.07) is 1.71. The standard InChI is InChI=1S/C10H13NO4/c1-2-3-4-8(5-6-11)10(14)15-9(13)7-12/h5,12H,2-4,7H2,1H3. The number of carbonyl (C=O) groups is 2. The van der Waals surface area contributed by atoms with Gasteiger partial charge in [-0.2, -0.15) is 5.26 Å². The number of rotatable bonds is 5. The Bertz CT molecular complexity index is 301. The lowest BCUT2D eigenvalue weighted by atomic mass is 10.1. The third-order valence-electron chi connectivity index (χ3n) is 1.64. The molecule has 1 N–H and O–H groups in total. The number of nitrogens with zero attached hydrogens (tertiary/aromatic N) is 1. The summed E-state index contributed by atoms with van der Waals surface area (Å²) < 4.78 is 4.26. The molecule has 0 aliphatic rings. The van der Waals surface area contributed by atoms with E-state index in [1.807, 2.05) is 6.92 Å². The maximum Gasteiger partial charge on any atom is 0.342 e. The zero-order valence-corrected chi connectivity index (χ0v) is 8.52. The van der Waals surface area contributed by atoms with E-state index in [0.717, 1.165) is 18.9 Å². The fourth-order valence-corrected chi connectivity index (χ4v) is 0.880. The summed E-state index contributed by atoms with van der Waals surface area (Å²) >= 11 is 0. The average molecular weight is 211 g/mol. The highest BCUT2D eigenvalue weighted by Gasteiger charge is 2.14. The maximum atomic E-state index is 11.2. The number of hydrogen-bond acceptors (Lipinski definition) is 5. The molecule has 0 atom stereocenters. The normalized spacial score (nSPS) is 10.6. The molecule has 0 aromatic heterocycles. The Morgan fingerprint density at radius 2 is 2.20 bits per heavy atom. The molecule has 0 spiro atoms. The lowest BCUT2D eigenvalue weighted by Gasteiger charge is -2.03. The molecule has 15 heavy (non-hydrogen) atoms. The van der Waals surface area contributed by atoms with Gasteiger partial charge in [-0.3, -0.25) is 0 Å². The molecule has 5 heteroatoms. The van der Waals surface area contributed by atoms with Crippen LogP contribution in [-0.2, 0) is 14.3 Å². The molecular formula is C10H13NO4. The minimum absolute atomic E-state index is 0.154. The second kappa shape index (κ2) is 7.71. The summed E-state index contributed by atoms with van der Waals surface area (Å²) in [5.74, 6) is -1.87. The Kier molecular flexibility index (Phi) is 6.85. The molecule has 5 nitrogen and oxygen atoms in total. The Morgan fingerprint density at radius 3 is 2.67 bits per heavy atom. The van der Waals surface area contributed by atoms with E-state index < -0.39 is 18.5 Å². The van der Waals surface area contributed by atoms with Crippen LogP contribution < -0.4 is 0 Å². The Morgan fingerprint density at radius 1 is 1.53 bits per heavy atom. The van der Waals surface area contributed by atoms with E-state index in [-0.39, 0.29) is 5.57 Å². The van der Waals surface area contributed by atoms with Crippen LogP contribution in [0.5, 0.6) is 0 Å². The molecule has 0 aliphatic carbocycles. The van der Waals surface area contributed by atoms with Gasteiger partial charge < -0.3 is 9.84 Å². The van der Waals surface area contributed by atoms with Gasteiger partial charge in [0.25, 0.3) is 0 Å². The van der Waals surface area contributed by atoms with Crippen molar-refractivity contribution in [2.75, 3.05) is 6.61 Å². The number of unbranched alkanes of at least 4 members (excludes halogenated alkanes) is 1. The Hall–Kier alpha value is -1.67. The minimum atomic E-state index is -1.01. The monoisotopic (exact) mass is 211 g/mol. The average Bonchev–Trinajstić information content (AvgIpc) is 2.23. The molecule has 0 amide bonds. The third kappa shape index (κ3) is 5.60. The number of nitriles is 1. The molecule has 0 saturated carbocycles. The van der Waals surface area contributed by atoms with Gasteiger partial charge in [0.2, 0.25) is 0 Å². The Labute approximate surface area is 88.0 Å². The van der Waals surface area contributed by atoms with Gasteiger partial charge in [0.15, 0.2) is 0 Å². The first-order chi connectivity index (χ1) is 7.15. The fourth-order valence-electron chi connectivity index (χ4n) is 0.880. The summed E-state index contributed by atoms with van der Waals surface area (Å²) in [5, 5.41) is 16.8. The molecule has 0 heterocycles. The van der Waals surface area contributed by atoms with Gasteiger partial charge in [0.05, 0.1) is 6.07 Å². The van der Waals surface area contributed by atoms with Crippen molar-refractivity contribution in [3.8, 4) is 6.07 Å². The van der Waals surface area contributed by atoms with Crippen LogP contribution in [0.3, 0.4) is 0 Å². The smallest absolute Gasteiger partial charge is 0.342 e. The SMILES string of the molecule is CCCCC(=CC#N)C(=O)OC(=O)CO. The number of hydrogen-bond donors (Lipinski definition) is 1. The molecule has 0 unspecified atom stereocenters. The van der Waals surface area contributed by atoms with Crippen LogP contribution in [0.1, 0.15) is 26.2 Å². The second-order valence-corrected chi connectivity index (χ2v) is 2.82. The molecule has 82 valence electrons. The first-order valence-corrected chi connectivity index (χ1v) is 4.60. The number of esters is 2. The summed E-state index contributed by atoms with van der Waals surface area (Å²) in [7, 11) is 0. The van der Waals surface area contributed by atoms with Crippen LogP contribution >= 0.6 is 0 Å². The zero-order valence-electron chi connectivity index (χ0n) is 8.52. The molecule has 0 aromatic carbocycles. The highest BCUT2D eigenvalue weighted by Crippen LogP contribution is 2.09. The van der Waals surface area contributed by atoms with Crippen LogP contribution in [0.2, 0.25) is 0 Å². The summed E-state index contributed by atoms with van der Waals surface area (Å²) in [5.41, 5.74) is 0.154. The van der Waals surface area contributed by atoms with Crippen LogP contribution in [0.4, 0.5) is 0 Å². The first kappa shape index (κ1) is 13.3. The van der Waals surface area contributed by atoms with E-state index in [4.69, 9.17) is 10.4 Å². The van der Waals surface area contributed by atoms with E-state index in [0.29, 0.717) is 6.42 Å². The van der Waals surface area contributed by atoms with Gasteiger partial charge in [-0.05, 0) is 12.8 Å². The largest absolute Gasteiger partial charge is 0.388 e. The zero-order chi connectivity index (χ0) is 11.7. The quantitative estimate of drug-likeness (QED) is 0.313. The first-order valence-electron chi connectivity index (χ1n) is 4.60. The molecule has 0 aromatic rings. The van der Waals surface area contributed by atoms with Gasteiger partial charge >= 0.3 is 11.9 Å². The van der Waals surface area contributed by atoms with E-state index in [2.05, 4.69) is 4.74 Å². The van der Waals surface area contributed by atoms with Crippen molar-refractivity contribution in [3.05, 3.63) is 11.6 Å². The van der Waals surface area contributed by atoms with Crippen molar-refractivity contribution in [1.82, 2.24) is 0 Å². The topological polar surface area (TPSA) is 87.4 Å². The van der Waals surface area contributed by atoms with Gasteiger partial charge in [0.1, 0.15) is 6.61 Å². The van der Waals surface area contributed by atoms with E-state index in [1.165, 1.54) is 0 Å². The summed E-state index contributed by atoms with van der Waals surface area (Å²) in [6.45, 7) is 1.09. The number of aliphatic hydroxyl groups is 1. The van der Waals surface area contributed by atoms with Gasteiger partial charge in [-0.25, -0.2) is 9.59 Å². The summed E-state index contributed by atoms with van der Waals surface area (Å²) in [6.07, 6.45) is 3.05. The molecule has 0 saturated heterocycles. The molecular weight excluding hydrogens is 198 g/mol. The molecule has 0 radical (unpaired) electrons.